The lowest BCUT2D eigenvalue weighted by molar-refractivity contribution is -0.146. The SMILES string of the molecule is CC(C)c1ccccc1Sc1ccc(-c2ccnc(N3CC[C@H](O)[C@H](C(=O)O)C3)c2)cc1C(F)(F)F. The molecular weight excluding hydrogens is 489 g/mol. The third-order valence-electron chi connectivity index (χ3n) is 6.34. The van der Waals surface area contributed by atoms with E-state index in [1.165, 1.54) is 12.3 Å². The van der Waals surface area contributed by atoms with E-state index in [0.717, 1.165) is 28.3 Å². The lowest BCUT2D eigenvalue weighted by Gasteiger charge is -2.34. The molecule has 1 aromatic heterocycles. The molecule has 3 aromatic rings. The number of alkyl halides is 3. The predicted molar refractivity (Wildman–Crippen MR) is 133 cm³/mol. The van der Waals surface area contributed by atoms with Crippen LogP contribution in [0.3, 0.4) is 0 Å². The highest BCUT2D eigenvalue weighted by Gasteiger charge is 2.35. The lowest BCUT2D eigenvalue weighted by atomic mass is 9.94. The number of aliphatic hydroxyl groups excluding tert-OH is 1. The van der Waals surface area contributed by atoms with Crippen LogP contribution >= 0.6 is 11.8 Å². The summed E-state index contributed by atoms with van der Waals surface area (Å²) in [7, 11) is 0. The molecule has 190 valence electrons. The molecule has 2 aromatic carbocycles. The molecule has 1 aliphatic rings. The highest BCUT2D eigenvalue weighted by atomic mass is 32.2. The van der Waals surface area contributed by atoms with Gasteiger partial charge in [-0.1, -0.05) is 49.9 Å². The summed E-state index contributed by atoms with van der Waals surface area (Å²) < 4.78 is 42.4. The van der Waals surface area contributed by atoms with Gasteiger partial charge in [0.2, 0.25) is 0 Å². The van der Waals surface area contributed by atoms with Crippen LogP contribution in [0.1, 0.15) is 37.3 Å². The molecule has 2 heterocycles. The Morgan fingerprint density at radius 1 is 1.08 bits per heavy atom. The van der Waals surface area contributed by atoms with Crippen LogP contribution in [-0.4, -0.2) is 40.4 Å². The summed E-state index contributed by atoms with van der Waals surface area (Å²) in [5.41, 5.74) is 1.21. The van der Waals surface area contributed by atoms with Crippen LogP contribution in [0.5, 0.6) is 0 Å². The van der Waals surface area contributed by atoms with Gasteiger partial charge in [-0.3, -0.25) is 4.79 Å². The number of carboxylic acid groups (broad SMARTS) is 1. The topological polar surface area (TPSA) is 73.7 Å². The summed E-state index contributed by atoms with van der Waals surface area (Å²) >= 11 is 1.11. The lowest BCUT2D eigenvalue weighted by Crippen LogP contribution is -2.46. The third kappa shape index (κ3) is 5.68. The first kappa shape index (κ1) is 26.0. The molecule has 0 saturated carbocycles. The number of aliphatic carboxylic acids is 1. The van der Waals surface area contributed by atoms with Crippen molar-refractivity contribution in [3.63, 3.8) is 0 Å². The van der Waals surface area contributed by atoms with Crippen molar-refractivity contribution in [1.82, 2.24) is 4.98 Å². The molecule has 0 radical (unpaired) electrons. The summed E-state index contributed by atoms with van der Waals surface area (Å²) in [5, 5.41) is 19.4. The molecule has 2 N–H and O–H groups in total. The van der Waals surface area contributed by atoms with Crippen molar-refractivity contribution in [3.05, 3.63) is 71.9 Å². The van der Waals surface area contributed by atoms with Crippen molar-refractivity contribution in [1.29, 1.82) is 0 Å². The second-order valence-electron chi connectivity index (χ2n) is 9.15. The standard InChI is InChI=1S/C27H27F3N2O3S/c1-16(2)19-5-3-4-6-23(19)36-24-8-7-17(13-21(24)27(28,29)30)18-9-11-31-25(14-18)32-12-10-22(33)20(15-32)26(34)35/h3-9,11,13-14,16,20,22,33H,10,12,15H2,1-2H3,(H,34,35)/t20-,22+/m1/s1. The van der Waals surface area contributed by atoms with Crippen LogP contribution in [0.2, 0.25) is 0 Å². The number of hydrogen-bond donors (Lipinski definition) is 2. The highest BCUT2D eigenvalue weighted by molar-refractivity contribution is 7.99. The zero-order valence-electron chi connectivity index (χ0n) is 19.9. The number of rotatable bonds is 6. The summed E-state index contributed by atoms with van der Waals surface area (Å²) in [4.78, 5) is 18.4. The van der Waals surface area contributed by atoms with Crippen LogP contribution in [0.25, 0.3) is 11.1 Å². The monoisotopic (exact) mass is 516 g/mol. The largest absolute Gasteiger partial charge is 0.481 e. The predicted octanol–water partition coefficient (Wildman–Crippen LogP) is 6.31. The first-order valence-corrected chi connectivity index (χ1v) is 12.5. The molecule has 0 spiro atoms. The number of pyridine rings is 1. The zero-order chi connectivity index (χ0) is 26.0. The number of piperidine rings is 1. The van der Waals surface area contributed by atoms with E-state index in [-0.39, 0.29) is 23.8 Å². The van der Waals surface area contributed by atoms with Gasteiger partial charge in [0.1, 0.15) is 11.7 Å². The Balaban J connectivity index is 1.67. The van der Waals surface area contributed by atoms with Gasteiger partial charge in [0.25, 0.3) is 0 Å². The Bertz CT molecular complexity index is 1250. The average Bonchev–Trinajstić information content (AvgIpc) is 2.84. The Labute approximate surface area is 212 Å². The number of hydrogen-bond acceptors (Lipinski definition) is 5. The minimum Gasteiger partial charge on any atom is -0.481 e. The highest BCUT2D eigenvalue weighted by Crippen LogP contribution is 2.43. The van der Waals surface area contributed by atoms with Crippen molar-refractivity contribution in [2.24, 2.45) is 5.92 Å². The number of carboxylic acids is 1. The van der Waals surface area contributed by atoms with Crippen molar-refractivity contribution in [3.8, 4) is 11.1 Å². The summed E-state index contributed by atoms with van der Waals surface area (Å²) in [6.07, 6.45) is -3.72. The number of anilines is 1. The van der Waals surface area contributed by atoms with Gasteiger partial charge in [-0.15, -0.1) is 0 Å². The van der Waals surface area contributed by atoms with E-state index in [4.69, 9.17) is 0 Å². The molecule has 0 aliphatic carbocycles. The molecule has 2 atom stereocenters. The molecule has 1 fully saturated rings. The number of benzene rings is 2. The Morgan fingerprint density at radius 2 is 1.81 bits per heavy atom. The van der Waals surface area contributed by atoms with E-state index in [0.29, 0.717) is 23.5 Å². The van der Waals surface area contributed by atoms with Gasteiger partial charge in [-0.2, -0.15) is 13.2 Å². The second kappa shape index (κ2) is 10.5. The third-order valence-corrected chi connectivity index (χ3v) is 7.51. The molecular formula is C27H27F3N2O3S. The van der Waals surface area contributed by atoms with Gasteiger partial charge in [-0.05, 0) is 59.4 Å². The maximum atomic E-state index is 14.1. The quantitative estimate of drug-likeness (QED) is 0.400. The van der Waals surface area contributed by atoms with E-state index in [2.05, 4.69) is 4.98 Å². The fourth-order valence-electron chi connectivity index (χ4n) is 4.35. The van der Waals surface area contributed by atoms with Crippen LogP contribution in [-0.2, 0) is 11.0 Å². The smallest absolute Gasteiger partial charge is 0.417 e. The van der Waals surface area contributed by atoms with Crippen LogP contribution in [0, 0.1) is 5.92 Å². The molecule has 0 unspecified atom stereocenters. The zero-order valence-corrected chi connectivity index (χ0v) is 20.7. The number of aromatic nitrogens is 1. The average molecular weight is 517 g/mol. The molecule has 36 heavy (non-hydrogen) atoms. The van der Waals surface area contributed by atoms with E-state index >= 15 is 0 Å². The Kier molecular flexibility index (Phi) is 7.61. The van der Waals surface area contributed by atoms with E-state index < -0.39 is 29.7 Å². The second-order valence-corrected chi connectivity index (χ2v) is 10.2. The van der Waals surface area contributed by atoms with Crippen molar-refractivity contribution >= 4 is 23.5 Å². The Hall–Kier alpha value is -3.04. The van der Waals surface area contributed by atoms with E-state index in [1.54, 1.807) is 23.1 Å². The fraction of sp³-hybridized carbons (Fsp3) is 0.333. The molecule has 1 saturated heterocycles. The normalized spacial score (nSPS) is 18.5. The minimum atomic E-state index is -4.54. The maximum absolute atomic E-state index is 14.1. The number of aliphatic hydroxyl groups is 1. The summed E-state index contributed by atoms with van der Waals surface area (Å²) in [5.74, 6) is -1.41. The van der Waals surface area contributed by atoms with E-state index in [1.807, 2.05) is 38.1 Å². The van der Waals surface area contributed by atoms with E-state index in [9.17, 15) is 28.2 Å². The van der Waals surface area contributed by atoms with Gasteiger partial charge < -0.3 is 15.1 Å². The first-order chi connectivity index (χ1) is 17.0. The van der Waals surface area contributed by atoms with Gasteiger partial charge >= 0.3 is 12.1 Å². The van der Waals surface area contributed by atoms with Crippen molar-refractivity contribution < 1.29 is 28.2 Å². The van der Waals surface area contributed by atoms with Crippen LogP contribution in [0.15, 0.2) is 70.6 Å². The maximum Gasteiger partial charge on any atom is 0.417 e. The van der Waals surface area contributed by atoms with Crippen molar-refractivity contribution in [2.75, 3.05) is 18.0 Å². The van der Waals surface area contributed by atoms with Crippen LogP contribution < -0.4 is 4.90 Å². The van der Waals surface area contributed by atoms with Gasteiger partial charge in [0.15, 0.2) is 0 Å². The molecule has 1 aliphatic heterocycles. The molecule has 0 bridgehead atoms. The molecule has 4 rings (SSSR count). The van der Waals surface area contributed by atoms with Crippen molar-refractivity contribution in [2.45, 2.75) is 48.3 Å². The molecule has 5 nitrogen and oxygen atoms in total. The number of halogens is 3. The van der Waals surface area contributed by atoms with Gasteiger partial charge in [-0.25, -0.2) is 4.98 Å². The Morgan fingerprint density at radius 3 is 2.50 bits per heavy atom. The summed E-state index contributed by atoms with van der Waals surface area (Å²) in [6.45, 7) is 4.50. The fourth-order valence-corrected chi connectivity index (χ4v) is 5.58. The molecule has 0 amide bonds. The summed E-state index contributed by atoms with van der Waals surface area (Å²) in [6, 6.07) is 15.1. The number of carbonyl (C=O) groups is 1. The van der Waals surface area contributed by atoms with Gasteiger partial charge in [0, 0.05) is 29.1 Å². The first-order valence-electron chi connectivity index (χ1n) is 11.6. The van der Waals surface area contributed by atoms with Crippen LogP contribution in [0.4, 0.5) is 19.0 Å². The molecule has 9 heteroatoms. The van der Waals surface area contributed by atoms with Gasteiger partial charge in [0.05, 0.1) is 11.7 Å². The number of nitrogens with zero attached hydrogens (tertiary/aromatic N) is 2. The minimum absolute atomic E-state index is 0.0750.